The van der Waals surface area contributed by atoms with Gasteiger partial charge in [0, 0.05) is 12.5 Å². The van der Waals surface area contributed by atoms with Crippen molar-refractivity contribution >= 4 is 18.9 Å². The van der Waals surface area contributed by atoms with Crippen LogP contribution in [-0.4, -0.2) is 41.2 Å². The Labute approximate surface area is 171 Å². The van der Waals surface area contributed by atoms with Crippen LogP contribution in [0.3, 0.4) is 0 Å². The third-order valence-electron chi connectivity index (χ3n) is 6.50. The van der Waals surface area contributed by atoms with Crippen molar-refractivity contribution in [2.24, 2.45) is 11.8 Å². The predicted octanol–water partition coefficient (Wildman–Crippen LogP) is 3.30. The van der Waals surface area contributed by atoms with E-state index in [2.05, 4.69) is 45.3 Å². The highest BCUT2D eigenvalue weighted by atomic mass is 16.7. The predicted molar refractivity (Wildman–Crippen MR) is 112 cm³/mol. The van der Waals surface area contributed by atoms with Gasteiger partial charge in [0.25, 0.3) is 0 Å². The summed E-state index contributed by atoms with van der Waals surface area (Å²) in [6.07, 6.45) is 3.00. The first-order valence-electron chi connectivity index (χ1n) is 10.5. The van der Waals surface area contributed by atoms with E-state index in [1.54, 1.807) is 0 Å². The third-order valence-corrected chi connectivity index (χ3v) is 6.50. The monoisotopic (exact) mass is 394 g/mol. The van der Waals surface area contributed by atoms with Gasteiger partial charge in [0.15, 0.2) is 0 Å². The first-order chi connectivity index (χ1) is 12.6. The first-order valence-corrected chi connectivity index (χ1v) is 10.5. The molecule has 0 bridgehead atoms. The largest absolute Gasteiger partial charge is 0.457 e. The van der Waals surface area contributed by atoms with Gasteiger partial charge in [-0.2, -0.15) is 0 Å². The molecule has 0 aromatic carbocycles. The summed E-state index contributed by atoms with van der Waals surface area (Å²) in [7, 11) is -0.226. The molecule has 6 nitrogen and oxygen atoms in total. The van der Waals surface area contributed by atoms with E-state index in [1.807, 2.05) is 20.8 Å². The lowest BCUT2D eigenvalue weighted by atomic mass is 9.77. The van der Waals surface area contributed by atoms with Crippen LogP contribution in [0.25, 0.3) is 0 Å². The molecule has 3 atom stereocenters. The molecule has 2 rings (SSSR count). The van der Waals surface area contributed by atoms with E-state index < -0.39 is 5.54 Å². The van der Waals surface area contributed by atoms with Crippen LogP contribution >= 0.6 is 0 Å². The van der Waals surface area contributed by atoms with Gasteiger partial charge in [0.05, 0.1) is 11.2 Å². The number of hydrogen-bond acceptors (Lipinski definition) is 4. The number of amides is 2. The lowest BCUT2D eigenvalue weighted by Crippen LogP contribution is -2.60. The summed E-state index contributed by atoms with van der Waals surface area (Å²) in [6.45, 7) is 17.8. The fraction of sp³-hybridized carbons (Fsp3) is 0.905. The Hall–Kier alpha value is -1.08. The molecule has 1 aliphatic heterocycles. The number of hydrogen-bond donors (Lipinski definition) is 2. The molecule has 0 aromatic rings. The second-order valence-corrected chi connectivity index (χ2v) is 10.9. The summed E-state index contributed by atoms with van der Waals surface area (Å²) >= 11 is 0. The van der Waals surface area contributed by atoms with Crippen LogP contribution < -0.4 is 10.6 Å². The summed E-state index contributed by atoms with van der Waals surface area (Å²) in [6, 6.07) is 0. The van der Waals surface area contributed by atoms with Crippen molar-refractivity contribution in [2.45, 2.75) is 110 Å². The molecule has 0 unspecified atom stereocenters. The lowest BCUT2D eigenvalue weighted by Gasteiger charge is -2.33. The van der Waals surface area contributed by atoms with E-state index in [4.69, 9.17) is 9.31 Å². The van der Waals surface area contributed by atoms with Gasteiger partial charge in [-0.1, -0.05) is 13.3 Å². The van der Waals surface area contributed by atoms with E-state index in [0.29, 0.717) is 24.7 Å². The van der Waals surface area contributed by atoms with Crippen molar-refractivity contribution in [3.05, 3.63) is 0 Å². The minimum atomic E-state index is -0.834. The minimum Gasteiger partial charge on any atom is -0.403 e. The molecule has 1 saturated heterocycles. The summed E-state index contributed by atoms with van der Waals surface area (Å²) in [4.78, 5) is 24.9. The van der Waals surface area contributed by atoms with Crippen molar-refractivity contribution in [2.75, 3.05) is 0 Å². The summed E-state index contributed by atoms with van der Waals surface area (Å²) in [5.41, 5.74) is -1.83. The number of rotatable bonds is 5. The molecule has 0 radical (unpaired) electrons. The molecule has 7 heteroatoms. The average Bonchev–Trinajstić information content (AvgIpc) is 2.88. The maximum Gasteiger partial charge on any atom is 0.457 e. The molecule has 1 aliphatic carbocycles. The Morgan fingerprint density at radius 3 is 2.07 bits per heavy atom. The zero-order valence-electron chi connectivity index (χ0n) is 19.2. The van der Waals surface area contributed by atoms with E-state index in [-0.39, 0.29) is 35.7 Å². The number of carbonyl (C=O) groups is 2. The number of carbonyl (C=O) groups excluding carboxylic acids is 2. The zero-order valence-corrected chi connectivity index (χ0v) is 19.2. The maximum absolute atomic E-state index is 13.1. The second kappa shape index (κ2) is 7.64. The third kappa shape index (κ3) is 5.09. The summed E-state index contributed by atoms with van der Waals surface area (Å²) in [5.74, 6) is 0.416. The molecule has 0 spiro atoms. The average molecular weight is 394 g/mol. The molecule has 0 aromatic heterocycles. The van der Waals surface area contributed by atoms with Crippen LogP contribution in [0, 0.1) is 11.8 Å². The maximum atomic E-state index is 13.1. The van der Waals surface area contributed by atoms with Crippen LogP contribution in [0.5, 0.6) is 0 Å². The highest BCUT2D eigenvalue weighted by Crippen LogP contribution is 2.44. The van der Waals surface area contributed by atoms with E-state index in [1.165, 1.54) is 6.92 Å². The standard InChI is InChI=1S/C21H39BN2O4/c1-14-12-21(23-15(2)25,17(26)24-18(3,4)5)13-16(14)10-11-22-27-19(6,7)20(8,9)28-22/h14,16H,10-13H2,1-9H3,(H,23,25)(H,24,26)/t14-,16-,21+/m0/s1. The van der Waals surface area contributed by atoms with Crippen molar-refractivity contribution in [3.8, 4) is 0 Å². The molecule has 2 fully saturated rings. The molecule has 1 saturated carbocycles. The highest BCUT2D eigenvalue weighted by molar-refractivity contribution is 6.45. The quantitative estimate of drug-likeness (QED) is 0.702. The second-order valence-electron chi connectivity index (χ2n) is 10.9. The van der Waals surface area contributed by atoms with Gasteiger partial charge >= 0.3 is 7.12 Å². The van der Waals surface area contributed by atoms with E-state index >= 15 is 0 Å². The molecule has 1 heterocycles. The smallest absolute Gasteiger partial charge is 0.403 e. The molecule has 28 heavy (non-hydrogen) atoms. The zero-order chi connectivity index (χ0) is 21.5. The fourth-order valence-corrected chi connectivity index (χ4v) is 4.41. The van der Waals surface area contributed by atoms with Gasteiger partial charge < -0.3 is 19.9 Å². The van der Waals surface area contributed by atoms with Crippen molar-refractivity contribution in [3.63, 3.8) is 0 Å². The Morgan fingerprint density at radius 2 is 1.61 bits per heavy atom. The van der Waals surface area contributed by atoms with E-state index in [9.17, 15) is 9.59 Å². The van der Waals surface area contributed by atoms with Crippen molar-refractivity contribution in [1.82, 2.24) is 10.6 Å². The SMILES string of the molecule is CC(=O)N[C@@]1(C(=O)NC(C)(C)C)C[C@H](CCB2OC(C)(C)C(C)(C)O2)[C@@H](C)C1. The molecular weight excluding hydrogens is 355 g/mol. The summed E-state index contributed by atoms with van der Waals surface area (Å²) in [5, 5.41) is 6.04. The van der Waals surface area contributed by atoms with Crippen molar-refractivity contribution in [1.29, 1.82) is 0 Å². The minimum absolute atomic E-state index is 0.0832. The topological polar surface area (TPSA) is 76.7 Å². The summed E-state index contributed by atoms with van der Waals surface area (Å²) < 4.78 is 12.2. The Balaban J connectivity index is 2.05. The van der Waals surface area contributed by atoms with Gasteiger partial charge in [-0.25, -0.2) is 0 Å². The van der Waals surface area contributed by atoms with Crippen molar-refractivity contribution < 1.29 is 18.9 Å². The van der Waals surface area contributed by atoms with Gasteiger partial charge in [-0.05, 0) is 79.5 Å². The van der Waals surface area contributed by atoms with E-state index in [0.717, 1.165) is 12.7 Å². The molecule has 2 N–H and O–H groups in total. The lowest BCUT2D eigenvalue weighted by molar-refractivity contribution is -0.134. The molecular formula is C21H39BN2O4. The van der Waals surface area contributed by atoms with Crippen LogP contribution in [0.2, 0.25) is 6.32 Å². The van der Waals surface area contributed by atoms with Gasteiger partial charge in [0.2, 0.25) is 11.8 Å². The Bertz CT molecular complexity index is 598. The van der Waals surface area contributed by atoms with Gasteiger partial charge in [-0.3, -0.25) is 9.59 Å². The fourth-order valence-electron chi connectivity index (χ4n) is 4.41. The van der Waals surface area contributed by atoms with Gasteiger partial charge in [-0.15, -0.1) is 0 Å². The van der Waals surface area contributed by atoms with Crippen LogP contribution in [0.15, 0.2) is 0 Å². The van der Waals surface area contributed by atoms with Crippen LogP contribution in [0.1, 0.15) is 81.6 Å². The molecule has 2 amide bonds. The molecule has 2 aliphatic rings. The Kier molecular flexibility index (Phi) is 6.33. The Morgan fingerprint density at radius 1 is 1.07 bits per heavy atom. The normalized spacial score (nSPS) is 31.7. The van der Waals surface area contributed by atoms with Gasteiger partial charge in [0.1, 0.15) is 5.54 Å². The number of nitrogens with one attached hydrogen (secondary N) is 2. The first kappa shape index (κ1) is 23.2. The molecule has 160 valence electrons. The highest BCUT2D eigenvalue weighted by Gasteiger charge is 2.53. The van der Waals surface area contributed by atoms with Crippen LogP contribution in [-0.2, 0) is 18.9 Å². The van der Waals surface area contributed by atoms with Crippen LogP contribution in [0.4, 0.5) is 0 Å².